The van der Waals surface area contributed by atoms with Gasteiger partial charge >= 0.3 is 0 Å². The van der Waals surface area contributed by atoms with Crippen molar-refractivity contribution in [1.82, 2.24) is 10.6 Å². The maximum Gasteiger partial charge on any atom is 0.224 e. The van der Waals surface area contributed by atoms with Crippen LogP contribution in [0.1, 0.15) is 38.3 Å². The topological polar surface area (TPSA) is 41.1 Å². The van der Waals surface area contributed by atoms with Crippen LogP contribution in [0.25, 0.3) is 0 Å². The lowest BCUT2D eigenvalue weighted by Gasteiger charge is -2.28. The SMILES string of the molecule is CC1CCC(C(=O)NC(C)c2ccc(F)cc2)CN1. The molecular weight excluding hydrogens is 243 g/mol. The van der Waals surface area contributed by atoms with Gasteiger partial charge in [-0.15, -0.1) is 0 Å². The number of carbonyl (C=O) groups excluding carboxylic acids is 1. The van der Waals surface area contributed by atoms with Crippen LogP contribution >= 0.6 is 0 Å². The van der Waals surface area contributed by atoms with E-state index in [1.807, 2.05) is 6.92 Å². The second kappa shape index (κ2) is 6.15. The van der Waals surface area contributed by atoms with Gasteiger partial charge in [0.05, 0.1) is 12.0 Å². The molecule has 1 fully saturated rings. The standard InChI is InChI=1S/C15H21FN2O/c1-10-3-4-13(9-17-10)15(19)18-11(2)12-5-7-14(16)8-6-12/h5-8,10-11,13,17H,3-4,9H2,1-2H3,(H,18,19). The van der Waals surface area contributed by atoms with Gasteiger partial charge in [0.2, 0.25) is 5.91 Å². The fraction of sp³-hybridized carbons (Fsp3) is 0.533. The first-order valence-electron chi connectivity index (χ1n) is 6.85. The predicted molar refractivity (Wildman–Crippen MR) is 73.1 cm³/mol. The lowest BCUT2D eigenvalue weighted by atomic mass is 9.94. The molecule has 4 heteroatoms. The first kappa shape index (κ1) is 14.0. The van der Waals surface area contributed by atoms with Gasteiger partial charge in [0.1, 0.15) is 5.82 Å². The van der Waals surface area contributed by atoms with Crippen molar-refractivity contribution in [2.45, 2.75) is 38.8 Å². The number of amides is 1. The molecule has 3 atom stereocenters. The Morgan fingerprint density at radius 3 is 2.63 bits per heavy atom. The van der Waals surface area contributed by atoms with Gasteiger partial charge in [-0.1, -0.05) is 12.1 Å². The van der Waals surface area contributed by atoms with Crippen molar-refractivity contribution in [3.63, 3.8) is 0 Å². The highest BCUT2D eigenvalue weighted by Crippen LogP contribution is 2.17. The molecule has 0 aromatic heterocycles. The highest BCUT2D eigenvalue weighted by atomic mass is 19.1. The van der Waals surface area contributed by atoms with Crippen LogP contribution < -0.4 is 10.6 Å². The average Bonchev–Trinajstić information content (AvgIpc) is 2.40. The molecule has 0 spiro atoms. The van der Waals surface area contributed by atoms with Gasteiger partial charge in [-0.25, -0.2) is 4.39 Å². The van der Waals surface area contributed by atoms with E-state index in [9.17, 15) is 9.18 Å². The molecule has 1 aromatic rings. The Kier molecular flexibility index (Phi) is 4.53. The maximum atomic E-state index is 12.8. The van der Waals surface area contributed by atoms with E-state index >= 15 is 0 Å². The van der Waals surface area contributed by atoms with E-state index in [1.54, 1.807) is 12.1 Å². The number of halogens is 1. The average molecular weight is 264 g/mol. The summed E-state index contributed by atoms with van der Waals surface area (Å²) in [6, 6.07) is 6.66. The zero-order valence-corrected chi connectivity index (χ0v) is 11.4. The third-order valence-corrected chi connectivity index (χ3v) is 3.76. The number of piperidine rings is 1. The van der Waals surface area contributed by atoms with Crippen molar-refractivity contribution in [1.29, 1.82) is 0 Å². The molecule has 2 rings (SSSR count). The van der Waals surface area contributed by atoms with Crippen molar-refractivity contribution in [2.24, 2.45) is 5.92 Å². The molecule has 1 aliphatic rings. The zero-order valence-electron chi connectivity index (χ0n) is 11.4. The summed E-state index contributed by atoms with van der Waals surface area (Å²) in [5.41, 5.74) is 0.923. The van der Waals surface area contributed by atoms with Crippen LogP contribution in [0.5, 0.6) is 0 Å². The number of hydrogen-bond acceptors (Lipinski definition) is 2. The minimum Gasteiger partial charge on any atom is -0.349 e. The quantitative estimate of drug-likeness (QED) is 0.880. The maximum absolute atomic E-state index is 12.8. The van der Waals surface area contributed by atoms with Gasteiger partial charge < -0.3 is 10.6 Å². The van der Waals surface area contributed by atoms with Gasteiger partial charge in [0, 0.05) is 12.6 Å². The Balaban J connectivity index is 1.89. The minimum atomic E-state index is -0.257. The number of hydrogen-bond donors (Lipinski definition) is 2. The van der Waals surface area contributed by atoms with Gasteiger partial charge in [-0.2, -0.15) is 0 Å². The molecule has 19 heavy (non-hydrogen) atoms. The largest absolute Gasteiger partial charge is 0.349 e. The monoisotopic (exact) mass is 264 g/mol. The highest BCUT2D eigenvalue weighted by molar-refractivity contribution is 5.79. The second-order valence-electron chi connectivity index (χ2n) is 5.37. The van der Waals surface area contributed by atoms with Crippen molar-refractivity contribution in [3.05, 3.63) is 35.6 Å². The fourth-order valence-corrected chi connectivity index (χ4v) is 2.39. The fourth-order valence-electron chi connectivity index (χ4n) is 2.39. The van der Waals surface area contributed by atoms with Crippen molar-refractivity contribution in [3.8, 4) is 0 Å². The number of rotatable bonds is 3. The van der Waals surface area contributed by atoms with Gasteiger partial charge in [0.15, 0.2) is 0 Å². The first-order chi connectivity index (χ1) is 9.06. The number of carbonyl (C=O) groups is 1. The van der Waals surface area contributed by atoms with Crippen molar-refractivity contribution < 1.29 is 9.18 Å². The van der Waals surface area contributed by atoms with E-state index in [1.165, 1.54) is 12.1 Å². The Morgan fingerprint density at radius 2 is 2.05 bits per heavy atom. The van der Waals surface area contributed by atoms with E-state index in [-0.39, 0.29) is 23.7 Å². The Labute approximate surface area is 113 Å². The summed E-state index contributed by atoms with van der Waals surface area (Å²) < 4.78 is 12.8. The van der Waals surface area contributed by atoms with Crippen LogP contribution in [0.4, 0.5) is 4.39 Å². The summed E-state index contributed by atoms with van der Waals surface area (Å²) in [4.78, 5) is 12.1. The third kappa shape index (κ3) is 3.77. The third-order valence-electron chi connectivity index (χ3n) is 3.76. The summed E-state index contributed by atoms with van der Waals surface area (Å²) in [5.74, 6) is -0.136. The molecular formula is C15H21FN2O. The van der Waals surface area contributed by atoms with Gasteiger partial charge in [-0.3, -0.25) is 4.79 Å². The summed E-state index contributed by atoms with van der Waals surface area (Å²) in [7, 11) is 0. The molecule has 0 bridgehead atoms. The zero-order chi connectivity index (χ0) is 13.8. The minimum absolute atomic E-state index is 0.0408. The van der Waals surface area contributed by atoms with Gasteiger partial charge in [-0.05, 0) is 44.4 Å². The normalized spacial score (nSPS) is 24.8. The molecule has 1 aliphatic heterocycles. The molecule has 1 aromatic carbocycles. The van der Waals surface area contributed by atoms with E-state index < -0.39 is 0 Å². The molecule has 1 saturated heterocycles. The molecule has 3 nitrogen and oxygen atoms in total. The Morgan fingerprint density at radius 1 is 1.37 bits per heavy atom. The van der Waals surface area contributed by atoms with Gasteiger partial charge in [0.25, 0.3) is 0 Å². The number of nitrogens with one attached hydrogen (secondary N) is 2. The van der Waals surface area contributed by atoms with Crippen LogP contribution in [0.2, 0.25) is 0 Å². The first-order valence-corrected chi connectivity index (χ1v) is 6.85. The van der Waals surface area contributed by atoms with E-state index in [0.29, 0.717) is 6.04 Å². The summed E-state index contributed by atoms with van der Waals surface area (Å²) in [5, 5.41) is 6.32. The summed E-state index contributed by atoms with van der Waals surface area (Å²) in [6.07, 6.45) is 1.96. The second-order valence-corrected chi connectivity index (χ2v) is 5.37. The van der Waals surface area contributed by atoms with Crippen LogP contribution in [0, 0.1) is 11.7 Å². The highest BCUT2D eigenvalue weighted by Gasteiger charge is 2.24. The number of benzene rings is 1. The lowest BCUT2D eigenvalue weighted by molar-refractivity contribution is -0.126. The van der Waals surface area contributed by atoms with Crippen molar-refractivity contribution >= 4 is 5.91 Å². The molecule has 0 saturated carbocycles. The smallest absolute Gasteiger partial charge is 0.224 e. The molecule has 2 N–H and O–H groups in total. The molecule has 1 heterocycles. The molecule has 0 radical (unpaired) electrons. The van der Waals surface area contributed by atoms with Crippen LogP contribution in [0.3, 0.4) is 0 Å². The predicted octanol–water partition coefficient (Wildman–Crippen LogP) is 2.39. The van der Waals surface area contributed by atoms with Crippen LogP contribution in [0.15, 0.2) is 24.3 Å². The van der Waals surface area contributed by atoms with Crippen LogP contribution in [-0.2, 0) is 4.79 Å². The van der Waals surface area contributed by atoms with Crippen molar-refractivity contribution in [2.75, 3.05) is 6.54 Å². The van der Waals surface area contributed by atoms with E-state index in [2.05, 4.69) is 17.6 Å². The Bertz CT molecular complexity index is 424. The Hall–Kier alpha value is -1.42. The van der Waals surface area contributed by atoms with E-state index in [0.717, 1.165) is 24.9 Å². The summed E-state index contributed by atoms with van der Waals surface area (Å²) in [6.45, 7) is 4.79. The molecule has 1 amide bonds. The lowest BCUT2D eigenvalue weighted by Crippen LogP contribution is -2.44. The molecule has 104 valence electrons. The van der Waals surface area contributed by atoms with Crippen LogP contribution in [-0.4, -0.2) is 18.5 Å². The molecule has 0 aliphatic carbocycles. The molecule has 3 unspecified atom stereocenters. The summed E-state index contributed by atoms with van der Waals surface area (Å²) >= 11 is 0. The van der Waals surface area contributed by atoms with E-state index in [4.69, 9.17) is 0 Å².